The molecule has 1 N–H and O–H groups in total. The Bertz CT molecular complexity index is 718. The van der Waals surface area contributed by atoms with Gasteiger partial charge in [0.1, 0.15) is 0 Å². The van der Waals surface area contributed by atoms with Crippen LogP contribution < -0.4 is 5.32 Å². The summed E-state index contributed by atoms with van der Waals surface area (Å²) in [6.07, 6.45) is 6.68. The van der Waals surface area contributed by atoms with Crippen molar-refractivity contribution in [2.24, 2.45) is 0 Å². The lowest BCUT2D eigenvalue weighted by atomic mass is 10.1. The van der Waals surface area contributed by atoms with E-state index in [9.17, 15) is 8.42 Å². The Morgan fingerprint density at radius 1 is 1.22 bits per heavy atom. The van der Waals surface area contributed by atoms with Crippen molar-refractivity contribution in [2.75, 3.05) is 19.3 Å². The molecule has 0 atom stereocenters. The molecule has 0 bridgehead atoms. The number of aromatic nitrogens is 2. The van der Waals surface area contributed by atoms with Gasteiger partial charge < -0.3 is 5.32 Å². The molecule has 7 heteroatoms. The second-order valence-corrected chi connectivity index (χ2v) is 7.92. The Balaban J connectivity index is 1.50. The molecule has 1 aromatic carbocycles. The zero-order valence-electron chi connectivity index (χ0n) is 13.2. The molecule has 0 spiro atoms. The highest BCUT2D eigenvalue weighted by Crippen LogP contribution is 2.14. The summed E-state index contributed by atoms with van der Waals surface area (Å²) in [5.74, 6) is 0. The summed E-state index contributed by atoms with van der Waals surface area (Å²) in [6, 6.07) is 10.6. The van der Waals surface area contributed by atoms with Crippen molar-refractivity contribution in [2.45, 2.75) is 25.4 Å². The smallest absolute Gasteiger partial charge is 0.211 e. The van der Waals surface area contributed by atoms with Gasteiger partial charge in [0.05, 0.1) is 11.9 Å². The number of piperidine rings is 1. The van der Waals surface area contributed by atoms with Gasteiger partial charge in [-0.15, -0.1) is 0 Å². The van der Waals surface area contributed by atoms with Crippen LogP contribution in [-0.2, 0) is 16.6 Å². The first-order valence-electron chi connectivity index (χ1n) is 7.80. The average Bonchev–Trinajstić information content (AvgIpc) is 3.07. The monoisotopic (exact) mass is 334 g/mol. The van der Waals surface area contributed by atoms with Crippen LogP contribution in [0.5, 0.6) is 0 Å². The highest BCUT2D eigenvalue weighted by atomic mass is 32.2. The summed E-state index contributed by atoms with van der Waals surface area (Å²) < 4.78 is 26.4. The van der Waals surface area contributed by atoms with E-state index in [2.05, 4.69) is 34.7 Å². The minimum Gasteiger partial charge on any atom is -0.310 e. The van der Waals surface area contributed by atoms with Gasteiger partial charge in [0.25, 0.3) is 0 Å². The van der Waals surface area contributed by atoms with Crippen LogP contribution in [0.2, 0.25) is 0 Å². The zero-order chi connectivity index (χ0) is 16.3. The number of nitrogens with one attached hydrogen (secondary N) is 1. The van der Waals surface area contributed by atoms with E-state index in [4.69, 9.17) is 0 Å². The lowest BCUT2D eigenvalue weighted by Gasteiger charge is -2.30. The first-order valence-corrected chi connectivity index (χ1v) is 9.65. The maximum Gasteiger partial charge on any atom is 0.211 e. The Morgan fingerprint density at radius 3 is 2.48 bits per heavy atom. The summed E-state index contributed by atoms with van der Waals surface area (Å²) in [5, 5.41) is 7.73. The van der Waals surface area contributed by atoms with E-state index in [0.29, 0.717) is 19.1 Å². The Kier molecular flexibility index (Phi) is 4.79. The number of nitrogens with zero attached hydrogens (tertiary/aromatic N) is 3. The number of sulfonamides is 1. The number of hydrogen-bond acceptors (Lipinski definition) is 4. The lowest BCUT2D eigenvalue weighted by Crippen LogP contribution is -2.44. The first-order chi connectivity index (χ1) is 11.0. The van der Waals surface area contributed by atoms with Crippen LogP contribution in [0.25, 0.3) is 5.69 Å². The molecule has 6 nitrogen and oxygen atoms in total. The van der Waals surface area contributed by atoms with Gasteiger partial charge in [-0.3, -0.25) is 0 Å². The highest BCUT2D eigenvalue weighted by molar-refractivity contribution is 7.88. The average molecular weight is 334 g/mol. The molecule has 1 saturated heterocycles. The lowest BCUT2D eigenvalue weighted by molar-refractivity contribution is 0.290. The van der Waals surface area contributed by atoms with E-state index in [0.717, 1.165) is 25.1 Å². The molecule has 1 aliphatic rings. The third-order valence-corrected chi connectivity index (χ3v) is 5.53. The third kappa shape index (κ3) is 4.19. The normalized spacial score (nSPS) is 17.4. The minimum atomic E-state index is -3.05. The molecule has 0 unspecified atom stereocenters. The van der Waals surface area contributed by atoms with Gasteiger partial charge in [-0.25, -0.2) is 17.4 Å². The van der Waals surface area contributed by atoms with Crippen LogP contribution in [0, 0.1) is 0 Å². The van der Waals surface area contributed by atoms with Crippen LogP contribution in [0.1, 0.15) is 18.4 Å². The predicted octanol–water partition coefficient (Wildman–Crippen LogP) is 1.39. The standard InChI is InChI=1S/C16H22N4O2S/c1-23(21,22)19-11-7-15(8-12-19)17-13-14-3-5-16(6-4-14)20-10-2-9-18-20/h2-6,9-10,15,17H,7-8,11-13H2,1H3. The number of rotatable bonds is 5. The van der Waals surface area contributed by atoms with Gasteiger partial charge >= 0.3 is 0 Å². The van der Waals surface area contributed by atoms with Gasteiger partial charge in [0, 0.05) is 38.1 Å². The second-order valence-electron chi connectivity index (χ2n) is 5.93. The van der Waals surface area contributed by atoms with Gasteiger partial charge in [-0.1, -0.05) is 12.1 Å². The summed E-state index contributed by atoms with van der Waals surface area (Å²) >= 11 is 0. The van der Waals surface area contributed by atoms with E-state index in [1.165, 1.54) is 11.8 Å². The molecule has 0 radical (unpaired) electrons. The fourth-order valence-electron chi connectivity index (χ4n) is 2.84. The van der Waals surface area contributed by atoms with Crippen molar-refractivity contribution in [3.8, 4) is 5.69 Å². The van der Waals surface area contributed by atoms with E-state index < -0.39 is 10.0 Å². The summed E-state index contributed by atoms with van der Waals surface area (Å²) in [5.41, 5.74) is 2.26. The Hall–Kier alpha value is -1.70. The minimum absolute atomic E-state index is 0.374. The molecule has 124 valence electrons. The van der Waals surface area contributed by atoms with E-state index in [1.54, 1.807) is 10.5 Å². The van der Waals surface area contributed by atoms with Crippen LogP contribution in [0.15, 0.2) is 42.7 Å². The number of benzene rings is 1. The van der Waals surface area contributed by atoms with E-state index in [1.807, 2.05) is 16.9 Å². The fourth-order valence-corrected chi connectivity index (χ4v) is 3.72. The van der Waals surface area contributed by atoms with Gasteiger partial charge in [-0.05, 0) is 36.6 Å². The van der Waals surface area contributed by atoms with Crippen molar-refractivity contribution in [3.63, 3.8) is 0 Å². The Morgan fingerprint density at radius 2 is 1.91 bits per heavy atom. The molecule has 1 fully saturated rings. The molecule has 2 aromatic rings. The molecule has 0 amide bonds. The topological polar surface area (TPSA) is 67.2 Å². The molecular weight excluding hydrogens is 312 g/mol. The Labute approximate surface area is 137 Å². The second kappa shape index (κ2) is 6.82. The van der Waals surface area contributed by atoms with Gasteiger partial charge in [-0.2, -0.15) is 5.10 Å². The maximum atomic E-state index is 11.5. The largest absolute Gasteiger partial charge is 0.310 e. The first kappa shape index (κ1) is 16.2. The van der Waals surface area contributed by atoms with Crippen LogP contribution in [0.4, 0.5) is 0 Å². The zero-order valence-corrected chi connectivity index (χ0v) is 14.0. The molecule has 1 aliphatic heterocycles. The van der Waals surface area contributed by atoms with Crippen LogP contribution in [0.3, 0.4) is 0 Å². The van der Waals surface area contributed by atoms with Crippen LogP contribution >= 0.6 is 0 Å². The van der Waals surface area contributed by atoms with Crippen molar-refractivity contribution in [1.29, 1.82) is 0 Å². The van der Waals surface area contributed by atoms with E-state index in [-0.39, 0.29) is 0 Å². The van der Waals surface area contributed by atoms with Crippen LogP contribution in [-0.4, -0.2) is 47.9 Å². The quantitative estimate of drug-likeness (QED) is 0.897. The molecule has 1 aromatic heterocycles. The summed E-state index contributed by atoms with van der Waals surface area (Å²) in [4.78, 5) is 0. The molecule has 23 heavy (non-hydrogen) atoms. The van der Waals surface area contributed by atoms with Crippen molar-refractivity contribution >= 4 is 10.0 Å². The van der Waals surface area contributed by atoms with Crippen molar-refractivity contribution < 1.29 is 8.42 Å². The summed E-state index contributed by atoms with van der Waals surface area (Å²) in [6.45, 7) is 2.01. The molecule has 3 rings (SSSR count). The maximum absolute atomic E-state index is 11.5. The molecule has 2 heterocycles. The van der Waals surface area contributed by atoms with Gasteiger partial charge in [0.2, 0.25) is 10.0 Å². The van der Waals surface area contributed by atoms with Crippen molar-refractivity contribution in [1.82, 2.24) is 19.4 Å². The molecular formula is C16H22N4O2S. The highest BCUT2D eigenvalue weighted by Gasteiger charge is 2.24. The number of hydrogen-bond donors (Lipinski definition) is 1. The third-order valence-electron chi connectivity index (χ3n) is 4.22. The SMILES string of the molecule is CS(=O)(=O)N1CCC(NCc2ccc(-n3cccn3)cc2)CC1. The molecule has 0 saturated carbocycles. The summed E-state index contributed by atoms with van der Waals surface area (Å²) in [7, 11) is -3.05. The predicted molar refractivity (Wildman–Crippen MR) is 89.8 cm³/mol. The van der Waals surface area contributed by atoms with E-state index >= 15 is 0 Å². The fraction of sp³-hybridized carbons (Fsp3) is 0.438. The van der Waals surface area contributed by atoms with Crippen molar-refractivity contribution in [3.05, 3.63) is 48.3 Å². The molecule has 0 aliphatic carbocycles. The van der Waals surface area contributed by atoms with Gasteiger partial charge in [0.15, 0.2) is 0 Å².